The molecule has 1 unspecified atom stereocenters. The highest BCUT2D eigenvalue weighted by Gasteiger charge is 2.35. The Kier molecular flexibility index (Phi) is 4.73. The topological polar surface area (TPSA) is 72.1 Å². The average molecular weight is 377 g/mol. The lowest BCUT2D eigenvalue weighted by Crippen LogP contribution is -2.16. The molecule has 1 aliphatic heterocycles. The van der Waals surface area contributed by atoms with Gasteiger partial charge in [-0.05, 0) is 36.6 Å². The van der Waals surface area contributed by atoms with Crippen LogP contribution in [-0.2, 0) is 16.1 Å². The Labute approximate surface area is 142 Å². The molecule has 0 radical (unpaired) electrons. The molecule has 0 spiro atoms. The van der Waals surface area contributed by atoms with Crippen molar-refractivity contribution in [2.24, 2.45) is 0 Å². The number of halogens is 3. The Morgan fingerprint density at radius 3 is 2.62 bits per heavy atom. The van der Waals surface area contributed by atoms with E-state index in [2.05, 4.69) is 19.6 Å². The minimum absolute atomic E-state index is 0.0244. The molecule has 0 saturated carbocycles. The second kappa shape index (κ2) is 6.50. The van der Waals surface area contributed by atoms with Gasteiger partial charge in [-0.25, -0.2) is 0 Å². The molecular weight excluding hydrogens is 361 g/mol. The largest absolute Gasteiger partial charge is 0.400 e. The van der Waals surface area contributed by atoms with Gasteiger partial charge in [0.05, 0.1) is 6.16 Å². The third kappa shape index (κ3) is 3.82. The Bertz CT molecular complexity index is 757. The molecule has 130 valence electrons. The van der Waals surface area contributed by atoms with Gasteiger partial charge in [0.1, 0.15) is 0 Å². The van der Waals surface area contributed by atoms with Crippen molar-refractivity contribution in [3.63, 3.8) is 0 Å². The predicted molar refractivity (Wildman–Crippen MR) is 85.3 cm³/mol. The standard InChI is InChI=1S/C14H16ClF2N4O2P/c1-24(22,21-6-2-3-7-21)9-11-5-4-10(8-18-11)12-19-13(23-20-12)14(15,16)17/h4-5,8H,2-3,6-7,9H2,1H3. The van der Waals surface area contributed by atoms with Gasteiger partial charge in [0, 0.05) is 37.2 Å². The first-order valence-electron chi connectivity index (χ1n) is 7.44. The molecule has 2 aromatic heterocycles. The zero-order chi connectivity index (χ0) is 17.4. The van der Waals surface area contributed by atoms with E-state index in [9.17, 15) is 13.3 Å². The molecule has 1 aliphatic rings. The van der Waals surface area contributed by atoms with Gasteiger partial charge in [-0.15, -0.1) is 0 Å². The number of aromatic nitrogens is 3. The fourth-order valence-corrected chi connectivity index (χ4v) is 4.82. The molecule has 3 heterocycles. The van der Waals surface area contributed by atoms with Crippen LogP contribution in [0.5, 0.6) is 0 Å². The molecule has 0 bridgehead atoms. The predicted octanol–water partition coefficient (Wildman–Crippen LogP) is 3.92. The number of hydrogen-bond donors (Lipinski definition) is 0. The first-order chi connectivity index (χ1) is 11.3. The SMILES string of the molecule is CP(=O)(Cc1ccc(-c2noc(C(F)(F)Cl)n2)cn1)N1CCCC1. The monoisotopic (exact) mass is 376 g/mol. The van der Waals surface area contributed by atoms with E-state index in [1.54, 1.807) is 18.8 Å². The molecule has 0 amide bonds. The second-order valence-electron chi connectivity index (χ2n) is 5.83. The van der Waals surface area contributed by atoms with E-state index in [1.165, 1.54) is 6.20 Å². The molecule has 24 heavy (non-hydrogen) atoms. The summed E-state index contributed by atoms with van der Waals surface area (Å²) in [6.07, 6.45) is 3.94. The van der Waals surface area contributed by atoms with Crippen molar-refractivity contribution in [2.75, 3.05) is 19.8 Å². The van der Waals surface area contributed by atoms with Crippen LogP contribution in [0.2, 0.25) is 0 Å². The van der Waals surface area contributed by atoms with Crippen LogP contribution in [0.3, 0.4) is 0 Å². The Hall–Kier alpha value is -1.37. The molecule has 0 N–H and O–H groups in total. The first-order valence-corrected chi connectivity index (χ1v) is 10.1. The molecule has 1 fully saturated rings. The molecule has 1 atom stereocenters. The van der Waals surface area contributed by atoms with Gasteiger partial charge in [-0.2, -0.15) is 13.8 Å². The number of nitrogens with zero attached hydrogens (tertiary/aromatic N) is 4. The van der Waals surface area contributed by atoms with E-state index in [0.29, 0.717) is 17.4 Å². The van der Waals surface area contributed by atoms with Crippen LogP contribution >= 0.6 is 18.9 Å². The maximum Gasteiger partial charge on any atom is 0.400 e. The summed E-state index contributed by atoms with van der Waals surface area (Å²) in [4.78, 5) is 7.80. The molecule has 3 rings (SSSR count). The van der Waals surface area contributed by atoms with Gasteiger partial charge in [0.15, 0.2) is 7.29 Å². The summed E-state index contributed by atoms with van der Waals surface area (Å²) >= 11 is 4.84. The Morgan fingerprint density at radius 1 is 1.38 bits per heavy atom. The van der Waals surface area contributed by atoms with Crippen molar-refractivity contribution in [3.05, 3.63) is 29.9 Å². The van der Waals surface area contributed by atoms with Gasteiger partial charge in [0.25, 0.3) is 0 Å². The lowest BCUT2D eigenvalue weighted by atomic mass is 10.2. The maximum absolute atomic E-state index is 12.9. The van der Waals surface area contributed by atoms with Crippen LogP contribution in [0, 0.1) is 0 Å². The quantitative estimate of drug-likeness (QED) is 0.581. The van der Waals surface area contributed by atoms with Crippen LogP contribution < -0.4 is 0 Å². The molecular formula is C14H16ClF2N4O2P. The van der Waals surface area contributed by atoms with E-state index in [1.807, 2.05) is 4.67 Å². The van der Waals surface area contributed by atoms with Crippen molar-refractivity contribution in [3.8, 4) is 11.4 Å². The molecule has 6 nitrogen and oxygen atoms in total. The van der Waals surface area contributed by atoms with Crippen molar-refractivity contribution >= 4 is 18.9 Å². The Morgan fingerprint density at radius 2 is 2.08 bits per heavy atom. The normalized spacial score (nSPS) is 18.7. The van der Waals surface area contributed by atoms with Crippen molar-refractivity contribution in [2.45, 2.75) is 24.4 Å². The number of pyridine rings is 1. The lowest BCUT2D eigenvalue weighted by molar-refractivity contribution is 0.0551. The summed E-state index contributed by atoms with van der Waals surface area (Å²) < 4.78 is 45.1. The van der Waals surface area contributed by atoms with Crippen LogP contribution in [0.15, 0.2) is 22.9 Å². The van der Waals surface area contributed by atoms with E-state index in [-0.39, 0.29) is 5.82 Å². The summed E-state index contributed by atoms with van der Waals surface area (Å²) in [6.45, 7) is 3.47. The maximum atomic E-state index is 12.9. The molecule has 0 aromatic carbocycles. The summed E-state index contributed by atoms with van der Waals surface area (Å²) in [6, 6.07) is 3.32. The zero-order valence-corrected chi connectivity index (χ0v) is 14.6. The smallest absolute Gasteiger partial charge is 0.331 e. The fraction of sp³-hybridized carbons (Fsp3) is 0.500. The first kappa shape index (κ1) is 17.5. The minimum atomic E-state index is -3.71. The average Bonchev–Trinajstić information content (AvgIpc) is 3.19. The van der Waals surface area contributed by atoms with Gasteiger partial charge in [0.2, 0.25) is 5.82 Å². The summed E-state index contributed by atoms with van der Waals surface area (Å²) in [5, 5.41) is -0.239. The van der Waals surface area contributed by atoms with Crippen molar-refractivity contribution < 1.29 is 17.9 Å². The van der Waals surface area contributed by atoms with Gasteiger partial charge in [-0.3, -0.25) is 9.65 Å². The fourth-order valence-electron chi connectivity index (χ4n) is 2.63. The van der Waals surface area contributed by atoms with Crippen molar-refractivity contribution in [1.29, 1.82) is 0 Å². The third-order valence-electron chi connectivity index (χ3n) is 3.89. The lowest BCUT2D eigenvalue weighted by Gasteiger charge is -2.23. The van der Waals surface area contributed by atoms with E-state index in [0.717, 1.165) is 25.9 Å². The van der Waals surface area contributed by atoms with Gasteiger partial charge in [-0.1, -0.05) is 5.16 Å². The van der Waals surface area contributed by atoms with Crippen molar-refractivity contribution in [1.82, 2.24) is 19.8 Å². The van der Waals surface area contributed by atoms with Crippen LogP contribution in [-0.4, -0.2) is 39.5 Å². The molecule has 1 saturated heterocycles. The van der Waals surface area contributed by atoms with E-state index < -0.39 is 18.6 Å². The highest BCUT2D eigenvalue weighted by molar-refractivity contribution is 7.59. The number of hydrogen-bond acceptors (Lipinski definition) is 5. The minimum Gasteiger partial charge on any atom is -0.331 e. The third-order valence-corrected chi connectivity index (χ3v) is 6.56. The Balaban J connectivity index is 1.73. The van der Waals surface area contributed by atoms with Crippen LogP contribution in [0.1, 0.15) is 24.4 Å². The number of alkyl halides is 3. The van der Waals surface area contributed by atoms with E-state index in [4.69, 9.17) is 11.6 Å². The highest BCUT2D eigenvalue weighted by Crippen LogP contribution is 2.50. The second-order valence-corrected chi connectivity index (χ2v) is 9.29. The summed E-state index contributed by atoms with van der Waals surface area (Å²) in [5.74, 6) is -0.987. The van der Waals surface area contributed by atoms with Crippen LogP contribution in [0.25, 0.3) is 11.4 Å². The molecule has 0 aliphatic carbocycles. The summed E-state index contributed by atoms with van der Waals surface area (Å²) in [5.41, 5.74) is 1.09. The van der Waals surface area contributed by atoms with Gasteiger partial charge >= 0.3 is 11.3 Å². The van der Waals surface area contributed by atoms with E-state index >= 15 is 0 Å². The molecule has 2 aromatic rings. The van der Waals surface area contributed by atoms with Crippen LogP contribution in [0.4, 0.5) is 8.78 Å². The van der Waals surface area contributed by atoms with Gasteiger partial charge < -0.3 is 9.09 Å². The zero-order valence-electron chi connectivity index (χ0n) is 13.0. The summed E-state index contributed by atoms with van der Waals surface area (Å²) in [7, 11) is -2.46. The highest BCUT2D eigenvalue weighted by atomic mass is 35.5. The number of rotatable bonds is 5. The molecule has 10 heteroatoms.